The summed E-state index contributed by atoms with van der Waals surface area (Å²) in [5.41, 5.74) is -3.43. The summed E-state index contributed by atoms with van der Waals surface area (Å²) >= 11 is 5.76. The Labute approximate surface area is 130 Å². The van der Waals surface area contributed by atoms with Gasteiger partial charge >= 0.3 is 5.92 Å². The van der Waals surface area contributed by atoms with Gasteiger partial charge in [-0.15, -0.1) is 10.2 Å². The zero-order valence-electron chi connectivity index (χ0n) is 12.1. The lowest BCUT2D eigenvalue weighted by molar-refractivity contribution is -0.149. The van der Waals surface area contributed by atoms with Crippen molar-refractivity contribution in [3.8, 4) is 5.88 Å². The second kappa shape index (κ2) is 5.75. The molecule has 5 nitrogen and oxygen atoms in total. The summed E-state index contributed by atoms with van der Waals surface area (Å²) in [6.07, 6.45) is 1.07. The van der Waals surface area contributed by atoms with Crippen molar-refractivity contribution >= 4 is 11.6 Å². The Balaban J connectivity index is 2.52. The molecule has 0 aliphatic rings. The van der Waals surface area contributed by atoms with E-state index in [1.54, 1.807) is 6.92 Å². The minimum Gasteiger partial charge on any atom is -0.478 e. The maximum Gasteiger partial charge on any atom is 0.343 e. The number of alkyl halides is 3. The van der Waals surface area contributed by atoms with Crippen molar-refractivity contribution in [2.45, 2.75) is 25.4 Å². The van der Waals surface area contributed by atoms with Gasteiger partial charge in [-0.25, -0.2) is 9.37 Å². The molecule has 0 aliphatic heterocycles. The summed E-state index contributed by atoms with van der Waals surface area (Å²) in [5.74, 6) is -4.74. The lowest BCUT2D eigenvalue weighted by atomic mass is 9.91. The Morgan fingerprint density at radius 2 is 2.00 bits per heavy atom. The van der Waals surface area contributed by atoms with E-state index in [1.165, 1.54) is 7.05 Å². The molecule has 22 heavy (non-hydrogen) atoms. The van der Waals surface area contributed by atoms with Gasteiger partial charge in [0.1, 0.15) is 11.5 Å². The molecule has 1 unspecified atom stereocenters. The van der Waals surface area contributed by atoms with E-state index >= 15 is 0 Å². The third-order valence-electron chi connectivity index (χ3n) is 3.19. The van der Waals surface area contributed by atoms with Crippen LogP contribution in [0.4, 0.5) is 13.2 Å². The van der Waals surface area contributed by atoms with Crippen LogP contribution in [0.2, 0.25) is 5.15 Å². The van der Waals surface area contributed by atoms with Gasteiger partial charge in [0.25, 0.3) is 0 Å². The number of aromatic nitrogens is 4. The van der Waals surface area contributed by atoms with Crippen LogP contribution in [-0.4, -0.2) is 26.4 Å². The monoisotopic (exact) mass is 334 g/mol. The Kier molecular flexibility index (Phi) is 4.32. The van der Waals surface area contributed by atoms with Crippen LogP contribution in [0.15, 0.2) is 18.5 Å². The summed E-state index contributed by atoms with van der Waals surface area (Å²) in [7, 11) is 1.31. The second-order valence-corrected chi connectivity index (χ2v) is 5.18. The van der Waals surface area contributed by atoms with Crippen LogP contribution in [0.3, 0.4) is 0 Å². The first-order valence-electron chi connectivity index (χ1n) is 6.42. The van der Waals surface area contributed by atoms with Gasteiger partial charge in [0.15, 0.2) is 0 Å². The number of nitrogens with zero attached hydrogens (tertiary/aromatic N) is 4. The minimum absolute atomic E-state index is 0.0253. The fourth-order valence-corrected chi connectivity index (χ4v) is 2.13. The van der Waals surface area contributed by atoms with Crippen molar-refractivity contribution in [1.29, 1.82) is 0 Å². The molecule has 0 N–H and O–H groups in total. The molecule has 2 aromatic rings. The Morgan fingerprint density at radius 1 is 1.32 bits per heavy atom. The van der Waals surface area contributed by atoms with Gasteiger partial charge in [-0.1, -0.05) is 11.6 Å². The average Bonchev–Trinajstić information content (AvgIpc) is 2.85. The summed E-state index contributed by atoms with van der Waals surface area (Å²) in [4.78, 5) is 3.80. The topological polar surface area (TPSA) is 52.8 Å². The highest BCUT2D eigenvalue weighted by Gasteiger charge is 2.57. The zero-order valence-corrected chi connectivity index (χ0v) is 12.9. The van der Waals surface area contributed by atoms with Gasteiger partial charge in [0.05, 0.1) is 6.61 Å². The van der Waals surface area contributed by atoms with Crippen molar-refractivity contribution in [3.63, 3.8) is 0 Å². The zero-order chi connectivity index (χ0) is 16.5. The molecule has 1 atom stereocenters. The highest BCUT2D eigenvalue weighted by atomic mass is 35.5. The van der Waals surface area contributed by atoms with Crippen LogP contribution in [0.25, 0.3) is 0 Å². The van der Waals surface area contributed by atoms with Crippen molar-refractivity contribution in [3.05, 3.63) is 35.0 Å². The number of hydrogen-bond donors (Lipinski definition) is 0. The van der Waals surface area contributed by atoms with E-state index in [0.717, 1.165) is 30.0 Å². The number of rotatable bonds is 5. The predicted octanol–water partition coefficient (Wildman–Crippen LogP) is 3.24. The SMILES string of the molecule is CCOc1cc(C(C)(F)C(F)(F)c2nncn2C)cc(Cl)n1. The van der Waals surface area contributed by atoms with E-state index in [-0.39, 0.29) is 23.2 Å². The third-order valence-corrected chi connectivity index (χ3v) is 3.38. The van der Waals surface area contributed by atoms with Crippen molar-refractivity contribution in [1.82, 2.24) is 19.7 Å². The molecular formula is C13H14ClF3N4O. The van der Waals surface area contributed by atoms with Gasteiger partial charge in [-0.2, -0.15) is 8.78 Å². The summed E-state index contributed by atoms with van der Waals surface area (Å²) < 4.78 is 50.2. The Morgan fingerprint density at radius 3 is 2.55 bits per heavy atom. The molecular weight excluding hydrogens is 321 g/mol. The molecule has 0 amide bonds. The summed E-state index contributed by atoms with van der Waals surface area (Å²) in [5, 5.41) is 6.53. The van der Waals surface area contributed by atoms with Crippen LogP contribution in [0.5, 0.6) is 5.88 Å². The lowest BCUT2D eigenvalue weighted by Gasteiger charge is -2.29. The first-order valence-corrected chi connectivity index (χ1v) is 6.80. The van der Waals surface area contributed by atoms with Crippen LogP contribution < -0.4 is 4.74 Å². The van der Waals surface area contributed by atoms with Crippen molar-refractivity contribution < 1.29 is 17.9 Å². The molecule has 0 bridgehead atoms. The van der Waals surface area contributed by atoms with Crippen LogP contribution in [0.1, 0.15) is 25.2 Å². The Bertz CT molecular complexity index is 675. The molecule has 0 aliphatic carbocycles. The molecule has 2 rings (SSSR count). The van der Waals surface area contributed by atoms with E-state index in [2.05, 4.69) is 15.2 Å². The molecule has 0 spiro atoms. The molecule has 2 aromatic heterocycles. The fourth-order valence-electron chi connectivity index (χ4n) is 1.92. The maximum absolute atomic E-state index is 15.0. The molecule has 0 saturated heterocycles. The number of ether oxygens (including phenoxy) is 1. The van der Waals surface area contributed by atoms with E-state index in [1.807, 2.05) is 0 Å². The van der Waals surface area contributed by atoms with E-state index in [9.17, 15) is 13.2 Å². The highest BCUT2D eigenvalue weighted by Crippen LogP contribution is 2.48. The van der Waals surface area contributed by atoms with Crippen molar-refractivity contribution in [2.75, 3.05) is 6.61 Å². The van der Waals surface area contributed by atoms with Crippen LogP contribution in [-0.2, 0) is 18.6 Å². The quantitative estimate of drug-likeness (QED) is 0.788. The Hall–Kier alpha value is -1.83. The molecule has 0 radical (unpaired) electrons. The average molecular weight is 335 g/mol. The van der Waals surface area contributed by atoms with Gasteiger partial charge in [0.2, 0.25) is 17.4 Å². The lowest BCUT2D eigenvalue weighted by Crippen LogP contribution is -2.39. The second-order valence-electron chi connectivity index (χ2n) is 4.79. The fraction of sp³-hybridized carbons (Fsp3) is 0.462. The predicted molar refractivity (Wildman–Crippen MR) is 73.8 cm³/mol. The smallest absolute Gasteiger partial charge is 0.343 e. The molecule has 2 heterocycles. The standard InChI is InChI=1S/C13H14ClF3N4O/c1-4-22-10-6-8(5-9(14)19-10)12(2,15)13(16,17)11-20-18-7-21(11)3/h5-7H,4H2,1-3H3. The van der Waals surface area contributed by atoms with Gasteiger partial charge in [0, 0.05) is 18.7 Å². The van der Waals surface area contributed by atoms with Gasteiger partial charge in [-0.05, 0) is 19.9 Å². The number of pyridine rings is 1. The summed E-state index contributed by atoms with van der Waals surface area (Å²) in [6, 6.07) is 2.13. The highest BCUT2D eigenvalue weighted by molar-refractivity contribution is 6.29. The molecule has 9 heteroatoms. The van der Waals surface area contributed by atoms with Gasteiger partial charge < -0.3 is 9.30 Å². The third kappa shape index (κ3) is 2.75. The molecule has 0 saturated carbocycles. The number of hydrogen-bond acceptors (Lipinski definition) is 4. The first kappa shape index (κ1) is 16.5. The maximum atomic E-state index is 15.0. The largest absolute Gasteiger partial charge is 0.478 e. The van der Waals surface area contributed by atoms with E-state index < -0.39 is 17.4 Å². The van der Waals surface area contributed by atoms with Gasteiger partial charge in [-0.3, -0.25) is 0 Å². The van der Waals surface area contributed by atoms with E-state index in [0.29, 0.717) is 0 Å². The number of aryl methyl sites for hydroxylation is 1. The first-order chi connectivity index (χ1) is 10.2. The minimum atomic E-state index is -3.92. The summed E-state index contributed by atoms with van der Waals surface area (Å²) in [6.45, 7) is 2.68. The number of halogens is 4. The van der Waals surface area contributed by atoms with Crippen LogP contribution >= 0.6 is 11.6 Å². The van der Waals surface area contributed by atoms with Crippen LogP contribution in [0, 0.1) is 0 Å². The molecule has 0 fully saturated rings. The van der Waals surface area contributed by atoms with Crippen molar-refractivity contribution in [2.24, 2.45) is 7.05 Å². The molecule has 0 aromatic carbocycles. The molecule has 120 valence electrons. The normalized spacial score (nSPS) is 14.7. The van der Waals surface area contributed by atoms with E-state index in [4.69, 9.17) is 16.3 Å².